The number of anilines is 4. The summed E-state index contributed by atoms with van der Waals surface area (Å²) in [6, 6.07) is 55.8. The van der Waals surface area contributed by atoms with E-state index in [0.29, 0.717) is 11.4 Å². The lowest BCUT2D eigenvalue weighted by Gasteiger charge is -2.28. The number of rotatable bonds is 6. The van der Waals surface area contributed by atoms with Crippen molar-refractivity contribution in [2.24, 2.45) is 5.10 Å². The Morgan fingerprint density at radius 3 is 2.04 bits per heavy atom. The summed E-state index contributed by atoms with van der Waals surface area (Å²) in [5.74, 6) is 0. The van der Waals surface area contributed by atoms with Gasteiger partial charge < -0.3 is 4.90 Å². The molecular weight excluding hydrogens is 621 g/mol. The molecule has 244 valence electrons. The van der Waals surface area contributed by atoms with Gasteiger partial charge in [0.25, 0.3) is 0 Å². The molecule has 0 saturated carbocycles. The average Bonchev–Trinajstić information content (AvgIpc) is 3.41. The highest BCUT2D eigenvalue weighted by atomic mass is 15.3. The van der Waals surface area contributed by atoms with Gasteiger partial charge in [-0.2, -0.15) is 5.10 Å². The van der Waals surface area contributed by atoms with E-state index in [9.17, 15) is 0 Å². The van der Waals surface area contributed by atoms with Crippen LogP contribution in [-0.2, 0) is 5.41 Å². The van der Waals surface area contributed by atoms with Gasteiger partial charge in [-0.1, -0.05) is 123 Å². The molecule has 0 aliphatic heterocycles. The van der Waals surface area contributed by atoms with Crippen LogP contribution in [0.2, 0.25) is 0 Å². The first kappa shape index (κ1) is 30.5. The first-order valence-electron chi connectivity index (χ1n) is 17.4. The van der Waals surface area contributed by atoms with Crippen molar-refractivity contribution in [3.8, 4) is 22.3 Å². The summed E-state index contributed by atoms with van der Waals surface area (Å²) in [6.45, 7) is 4.66. The summed E-state index contributed by atoms with van der Waals surface area (Å²) in [7, 11) is 0. The van der Waals surface area contributed by atoms with E-state index in [-0.39, 0.29) is 5.41 Å². The molecule has 0 fully saturated rings. The molecule has 0 radical (unpaired) electrons. The molecule has 51 heavy (non-hydrogen) atoms. The summed E-state index contributed by atoms with van der Waals surface area (Å²) in [4.78, 5) is 2.35. The number of nitrogens with zero attached hydrogens (tertiary/aromatic N) is 2. The van der Waals surface area contributed by atoms with Crippen LogP contribution < -0.4 is 10.3 Å². The van der Waals surface area contributed by atoms with E-state index in [0.717, 1.165) is 55.8 Å². The van der Waals surface area contributed by atoms with E-state index >= 15 is 0 Å². The number of nitrogens with one attached hydrogen (secondary N) is 2. The molecule has 0 bridgehead atoms. The fraction of sp³-hybridized carbons (Fsp3) is 0.0638. The molecule has 2 aliphatic rings. The lowest BCUT2D eigenvalue weighted by molar-refractivity contribution is 0.660. The summed E-state index contributed by atoms with van der Waals surface area (Å²) in [6.07, 6.45) is 3.95. The highest BCUT2D eigenvalue weighted by Gasteiger charge is 2.35. The molecule has 4 nitrogen and oxygen atoms in total. The van der Waals surface area contributed by atoms with Crippen molar-refractivity contribution >= 4 is 51.0 Å². The van der Waals surface area contributed by atoms with Crippen molar-refractivity contribution in [2.75, 3.05) is 10.3 Å². The molecule has 2 aliphatic carbocycles. The molecule has 0 amide bonds. The van der Waals surface area contributed by atoms with Gasteiger partial charge in [-0.3, -0.25) is 10.8 Å². The SMILES string of the molecule is CC1(C)c2ccccc2-c2ccc(N(c3ccccc3)c3ccc(-c4ccc5c6c(ccc5c4)C=C/C(=N/Nc4ccccc4)C6=N)cc3)cc21. The number of hydrazone groups is 1. The Kier molecular flexibility index (Phi) is 7.25. The molecule has 7 aromatic rings. The third-order valence-electron chi connectivity index (χ3n) is 10.4. The number of fused-ring (bicyclic) bond motifs is 6. The zero-order valence-corrected chi connectivity index (χ0v) is 28.6. The van der Waals surface area contributed by atoms with E-state index < -0.39 is 0 Å². The molecule has 0 heterocycles. The zero-order chi connectivity index (χ0) is 34.5. The fourth-order valence-corrected chi connectivity index (χ4v) is 7.71. The van der Waals surface area contributed by atoms with E-state index in [4.69, 9.17) is 5.41 Å². The summed E-state index contributed by atoms with van der Waals surface area (Å²) in [5.41, 5.74) is 17.9. The maximum atomic E-state index is 9.07. The first-order chi connectivity index (χ1) is 25.0. The highest BCUT2D eigenvalue weighted by molar-refractivity contribution is 6.55. The van der Waals surface area contributed by atoms with Crippen LogP contribution in [0.4, 0.5) is 22.7 Å². The molecule has 0 aromatic heterocycles. The second kappa shape index (κ2) is 12.1. The van der Waals surface area contributed by atoms with Crippen LogP contribution >= 0.6 is 0 Å². The van der Waals surface area contributed by atoms with Gasteiger partial charge in [-0.05, 0) is 110 Å². The lowest BCUT2D eigenvalue weighted by atomic mass is 9.82. The van der Waals surface area contributed by atoms with Crippen molar-refractivity contribution in [1.82, 2.24) is 0 Å². The minimum absolute atomic E-state index is 0.0777. The molecule has 9 rings (SSSR count). The summed E-state index contributed by atoms with van der Waals surface area (Å²) in [5, 5.41) is 15.8. The van der Waals surface area contributed by atoms with Crippen LogP contribution in [0.1, 0.15) is 36.1 Å². The Morgan fingerprint density at radius 2 is 1.24 bits per heavy atom. The summed E-state index contributed by atoms with van der Waals surface area (Å²) >= 11 is 0. The van der Waals surface area contributed by atoms with E-state index in [1.807, 2.05) is 42.5 Å². The molecule has 0 unspecified atom stereocenters. The molecule has 2 N–H and O–H groups in total. The number of hydrogen-bond acceptors (Lipinski definition) is 4. The van der Waals surface area contributed by atoms with Crippen LogP contribution in [0.3, 0.4) is 0 Å². The normalized spacial score (nSPS) is 14.6. The van der Waals surface area contributed by atoms with Gasteiger partial charge in [0.1, 0.15) is 5.71 Å². The molecule has 7 aromatic carbocycles. The van der Waals surface area contributed by atoms with Crippen molar-refractivity contribution < 1.29 is 0 Å². The molecule has 4 heteroatoms. The van der Waals surface area contributed by atoms with Crippen molar-refractivity contribution in [2.45, 2.75) is 19.3 Å². The van der Waals surface area contributed by atoms with Crippen molar-refractivity contribution in [1.29, 1.82) is 5.41 Å². The predicted octanol–water partition coefficient (Wildman–Crippen LogP) is 12.1. The second-order valence-corrected chi connectivity index (χ2v) is 13.8. The summed E-state index contributed by atoms with van der Waals surface area (Å²) < 4.78 is 0. The van der Waals surface area contributed by atoms with Gasteiger partial charge in [0, 0.05) is 28.0 Å². The van der Waals surface area contributed by atoms with E-state index in [1.54, 1.807) is 0 Å². The molecule has 0 spiro atoms. The standard InChI is InChI=1S/C47H36N4/c1-47(2)42-16-10-9-15-40(42)41-27-25-38(30-43(41)47)51(36-13-7-4-8-14-36)37-23-19-31(20-24-37)33-21-26-39-34(29-33)18-17-32-22-28-44(46(48)45(32)39)50-49-35-11-5-3-6-12-35/h3-30,48-49H,1-2H3/b48-46?,50-44-. The Labute approximate surface area is 298 Å². The lowest BCUT2D eigenvalue weighted by Crippen LogP contribution is -2.18. The number of benzene rings is 7. The van der Waals surface area contributed by atoms with E-state index in [1.165, 1.54) is 22.3 Å². The van der Waals surface area contributed by atoms with Crippen molar-refractivity contribution in [3.63, 3.8) is 0 Å². The minimum Gasteiger partial charge on any atom is -0.310 e. The first-order valence-corrected chi connectivity index (χ1v) is 17.4. The van der Waals surface area contributed by atoms with Crippen LogP contribution in [0.5, 0.6) is 0 Å². The van der Waals surface area contributed by atoms with Crippen molar-refractivity contribution in [3.05, 3.63) is 186 Å². The third-order valence-corrected chi connectivity index (χ3v) is 10.4. The number of hydrogen-bond donors (Lipinski definition) is 2. The Morgan fingerprint density at radius 1 is 0.569 bits per heavy atom. The Balaban J connectivity index is 1.04. The highest BCUT2D eigenvalue weighted by Crippen LogP contribution is 2.50. The fourth-order valence-electron chi connectivity index (χ4n) is 7.71. The predicted molar refractivity (Wildman–Crippen MR) is 215 cm³/mol. The Bertz CT molecular complexity index is 2530. The van der Waals surface area contributed by atoms with Crippen LogP contribution in [0, 0.1) is 5.41 Å². The maximum Gasteiger partial charge on any atom is 0.109 e. The quantitative estimate of drug-likeness (QED) is 0.175. The minimum atomic E-state index is -0.0777. The van der Waals surface area contributed by atoms with E-state index in [2.05, 4.69) is 157 Å². The van der Waals surface area contributed by atoms with Gasteiger partial charge in [-0.15, -0.1) is 0 Å². The van der Waals surface area contributed by atoms with Gasteiger partial charge in [0.05, 0.1) is 11.4 Å². The van der Waals surface area contributed by atoms with Gasteiger partial charge in [0.15, 0.2) is 0 Å². The van der Waals surface area contributed by atoms with Crippen LogP contribution in [-0.4, -0.2) is 11.4 Å². The number of para-hydroxylation sites is 2. The average molecular weight is 657 g/mol. The van der Waals surface area contributed by atoms with Gasteiger partial charge in [0.2, 0.25) is 0 Å². The largest absolute Gasteiger partial charge is 0.310 e. The van der Waals surface area contributed by atoms with Gasteiger partial charge in [-0.25, -0.2) is 0 Å². The Hall–Kier alpha value is -6.52. The van der Waals surface area contributed by atoms with Gasteiger partial charge >= 0.3 is 0 Å². The maximum absolute atomic E-state index is 9.07. The molecule has 0 saturated heterocycles. The second-order valence-electron chi connectivity index (χ2n) is 13.8. The molecule has 0 atom stereocenters. The topological polar surface area (TPSA) is 51.5 Å². The third kappa shape index (κ3) is 5.24. The van der Waals surface area contributed by atoms with Crippen LogP contribution in [0.25, 0.3) is 39.1 Å². The monoisotopic (exact) mass is 656 g/mol. The molecular formula is C47H36N4. The number of allylic oxidation sites excluding steroid dienone is 1. The zero-order valence-electron chi connectivity index (χ0n) is 28.6. The van der Waals surface area contributed by atoms with Crippen LogP contribution in [0.15, 0.2) is 169 Å². The smallest absolute Gasteiger partial charge is 0.109 e.